The number of ether oxygens (including phenoxy) is 1. The molecule has 8 heteroatoms. The molecule has 0 amide bonds. The normalized spacial score (nSPS) is 16.3. The molecule has 0 bridgehead atoms. The lowest BCUT2D eigenvalue weighted by atomic mass is 10.0. The molecular weight excluding hydrogens is 512 g/mol. The van der Waals surface area contributed by atoms with Crippen LogP contribution in [0.1, 0.15) is 75.8 Å². The average molecular weight is 549 g/mol. The minimum atomic E-state index is -0.578. The van der Waals surface area contributed by atoms with E-state index >= 15 is 0 Å². The van der Waals surface area contributed by atoms with Crippen LogP contribution in [0.25, 0.3) is 10.9 Å². The third kappa shape index (κ3) is 5.91. The van der Waals surface area contributed by atoms with Gasteiger partial charge in [0.2, 0.25) is 5.95 Å². The number of terminal acetylenes is 1. The molecule has 1 aliphatic heterocycles. The zero-order valence-electron chi connectivity index (χ0n) is 23.6. The number of carbonyl (C=O) groups excluding carboxylic acids is 1. The molecule has 1 aromatic heterocycles. The summed E-state index contributed by atoms with van der Waals surface area (Å²) in [5.74, 6) is 3.02. The lowest BCUT2D eigenvalue weighted by Crippen LogP contribution is -2.35. The minimum absolute atomic E-state index is 0.105. The van der Waals surface area contributed by atoms with Crippen LogP contribution in [0, 0.1) is 12.3 Å². The van der Waals surface area contributed by atoms with Gasteiger partial charge in [-0.05, 0) is 88.9 Å². The van der Waals surface area contributed by atoms with Crippen molar-refractivity contribution in [3.63, 3.8) is 0 Å². The Morgan fingerprint density at radius 3 is 2.59 bits per heavy atom. The average Bonchev–Trinajstić information content (AvgIpc) is 3.36. The van der Waals surface area contributed by atoms with E-state index in [0.29, 0.717) is 40.0 Å². The number of halogens is 1. The van der Waals surface area contributed by atoms with Crippen LogP contribution in [0.15, 0.2) is 41.2 Å². The summed E-state index contributed by atoms with van der Waals surface area (Å²) >= 11 is 6.82. The van der Waals surface area contributed by atoms with Crippen molar-refractivity contribution >= 4 is 40.1 Å². The molecule has 1 unspecified atom stereocenters. The van der Waals surface area contributed by atoms with E-state index < -0.39 is 5.60 Å². The molecule has 0 spiro atoms. The van der Waals surface area contributed by atoms with Crippen LogP contribution in [0.5, 0.6) is 0 Å². The number of fused-ring (bicyclic) bond motifs is 1. The molecule has 2 atom stereocenters. The summed E-state index contributed by atoms with van der Waals surface area (Å²) in [4.78, 5) is 35.1. The molecular formula is C31H37ClN4O3. The first kappa shape index (κ1) is 28.5. The molecule has 0 radical (unpaired) electrons. The number of carbonyl (C=O) groups is 1. The van der Waals surface area contributed by atoms with Gasteiger partial charge in [-0.1, -0.05) is 24.4 Å². The van der Waals surface area contributed by atoms with Gasteiger partial charge in [-0.3, -0.25) is 9.36 Å². The van der Waals surface area contributed by atoms with Crippen LogP contribution in [0.3, 0.4) is 0 Å². The van der Waals surface area contributed by atoms with Gasteiger partial charge in [0.05, 0.1) is 29.1 Å². The monoisotopic (exact) mass is 548 g/mol. The van der Waals surface area contributed by atoms with Crippen molar-refractivity contribution in [2.45, 2.75) is 71.6 Å². The predicted octanol–water partition coefficient (Wildman–Crippen LogP) is 6.12. The fourth-order valence-corrected chi connectivity index (χ4v) is 5.56. The van der Waals surface area contributed by atoms with Crippen molar-refractivity contribution in [1.29, 1.82) is 0 Å². The van der Waals surface area contributed by atoms with Crippen LogP contribution in [0.4, 0.5) is 11.6 Å². The highest BCUT2D eigenvalue weighted by Crippen LogP contribution is 2.34. The number of hydrogen-bond acceptors (Lipinski definition) is 6. The molecule has 0 N–H and O–H groups in total. The van der Waals surface area contributed by atoms with Gasteiger partial charge in [0.1, 0.15) is 5.60 Å². The summed E-state index contributed by atoms with van der Waals surface area (Å²) in [6, 6.07) is 10.9. The van der Waals surface area contributed by atoms with Gasteiger partial charge >= 0.3 is 5.97 Å². The smallest absolute Gasteiger partial charge is 0.338 e. The summed E-state index contributed by atoms with van der Waals surface area (Å²) in [5, 5.41) is 1.03. The van der Waals surface area contributed by atoms with Gasteiger partial charge in [0, 0.05) is 30.3 Å². The van der Waals surface area contributed by atoms with Crippen LogP contribution < -0.4 is 15.4 Å². The first-order valence-electron chi connectivity index (χ1n) is 13.5. The Balaban J connectivity index is 1.69. The van der Waals surface area contributed by atoms with Crippen molar-refractivity contribution in [1.82, 2.24) is 9.55 Å². The molecule has 7 nitrogen and oxygen atoms in total. The molecule has 3 aromatic rings. The zero-order valence-corrected chi connectivity index (χ0v) is 24.4. The molecule has 206 valence electrons. The van der Waals surface area contributed by atoms with E-state index in [4.69, 9.17) is 27.7 Å². The van der Waals surface area contributed by atoms with Gasteiger partial charge in [-0.25, -0.2) is 9.78 Å². The molecule has 2 heterocycles. The first-order chi connectivity index (χ1) is 18.4. The lowest BCUT2D eigenvalue weighted by Gasteiger charge is -2.31. The second-order valence-electron chi connectivity index (χ2n) is 11.1. The molecule has 1 saturated heterocycles. The molecule has 39 heavy (non-hydrogen) atoms. The Hall–Kier alpha value is -3.50. The topological polar surface area (TPSA) is 67.7 Å². The van der Waals surface area contributed by atoms with Crippen molar-refractivity contribution in [3.8, 4) is 12.3 Å². The largest absolute Gasteiger partial charge is 0.456 e. The molecule has 1 aliphatic rings. The van der Waals surface area contributed by atoms with Gasteiger partial charge < -0.3 is 14.5 Å². The highest BCUT2D eigenvalue weighted by Gasteiger charge is 2.28. The summed E-state index contributed by atoms with van der Waals surface area (Å²) in [7, 11) is 1.78. The fraction of sp³-hybridized carbons (Fsp3) is 0.452. The third-order valence-electron chi connectivity index (χ3n) is 7.29. The van der Waals surface area contributed by atoms with E-state index in [2.05, 4.69) is 17.7 Å². The second kappa shape index (κ2) is 11.3. The van der Waals surface area contributed by atoms with Crippen LogP contribution in [0.2, 0.25) is 5.02 Å². The van der Waals surface area contributed by atoms with Crippen LogP contribution >= 0.6 is 11.6 Å². The molecule has 0 saturated carbocycles. The highest BCUT2D eigenvalue weighted by molar-refractivity contribution is 6.32. The first-order valence-corrected chi connectivity index (χ1v) is 13.8. The molecule has 4 rings (SSSR count). The summed E-state index contributed by atoms with van der Waals surface area (Å²) in [5.41, 5.74) is 1.96. The summed E-state index contributed by atoms with van der Waals surface area (Å²) in [6.45, 7) is 10.9. The number of rotatable bonds is 7. The number of anilines is 2. The van der Waals surface area contributed by atoms with Crippen molar-refractivity contribution in [2.24, 2.45) is 7.05 Å². The zero-order chi connectivity index (χ0) is 28.5. The minimum Gasteiger partial charge on any atom is -0.456 e. The maximum atomic E-state index is 13.5. The Labute approximate surface area is 235 Å². The number of benzene rings is 2. The van der Waals surface area contributed by atoms with E-state index in [-0.39, 0.29) is 17.6 Å². The van der Waals surface area contributed by atoms with Gasteiger partial charge in [-0.2, -0.15) is 0 Å². The predicted molar refractivity (Wildman–Crippen MR) is 159 cm³/mol. The van der Waals surface area contributed by atoms with Crippen molar-refractivity contribution in [2.75, 3.05) is 22.9 Å². The van der Waals surface area contributed by atoms with E-state index in [1.807, 2.05) is 50.8 Å². The molecule has 2 aromatic carbocycles. The SMILES string of the molecule is C#CCN(c1ccc(C(=O)OC(C)(C)C)cc1)C(C)c1cc2c(=O)n(C)c(N3CCC[C@H]3CC)nc2cc1Cl. The Kier molecular flexibility index (Phi) is 8.27. The maximum Gasteiger partial charge on any atom is 0.338 e. The fourth-order valence-electron chi connectivity index (χ4n) is 5.24. The van der Waals surface area contributed by atoms with Gasteiger partial charge in [0.25, 0.3) is 5.56 Å². The lowest BCUT2D eigenvalue weighted by molar-refractivity contribution is 0.00695. The number of aromatic nitrogens is 2. The third-order valence-corrected chi connectivity index (χ3v) is 7.62. The van der Waals surface area contributed by atoms with Crippen molar-refractivity contribution < 1.29 is 9.53 Å². The van der Waals surface area contributed by atoms with Gasteiger partial charge in [0.15, 0.2) is 0 Å². The Morgan fingerprint density at radius 1 is 1.28 bits per heavy atom. The summed E-state index contributed by atoms with van der Waals surface area (Å²) in [6.07, 6.45) is 8.94. The highest BCUT2D eigenvalue weighted by atomic mass is 35.5. The Bertz CT molecular complexity index is 1470. The van der Waals surface area contributed by atoms with Gasteiger partial charge in [-0.15, -0.1) is 6.42 Å². The standard InChI is InChI=1S/C31H37ClN4O3/c1-8-16-35(23-14-12-21(13-15-23)29(38)39-31(4,5)6)20(3)24-18-25-27(19-26(24)32)33-30(34(7)28(25)37)36-17-10-11-22(36)9-2/h1,12-15,18-20,22H,9-11,16-17H2,2-7H3/t20?,22-/m1/s1. The van der Waals surface area contributed by atoms with E-state index in [0.717, 1.165) is 37.1 Å². The Morgan fingerprint density at radius 2 is 1.97 bits per heavy atom. The van der Waals surface area contributed by atoms with Crippen molar-refractivity contribution in [3.05, 3.63) is 62.9 Å². The van der Waals surface area contributed by atoms with E-state index in [9.17, 15) is 9.59 Å². The number of nitrogens with zero attached hydrogens (tertiary/aromatic N) is 4. The summed E-state index contributed by atoms with van der Waals surface area (Å²) < 4.78 is 7.12. The second-order valence-corrected chi connectivity index (χ2v) is 11.5. The number of esters is 1. The molecule has 0 aliphatic carbocycles. The van der Waals surface area contributed by atoms with E-state index in [1.165, 1.54) is 0 Å². The number of hydrogen-bond donors (Lipinski definition) is 0. The van der Waals surface area contributed by atoms with Crippen LogP contribution in [-0.2, 0) is 11.8 Å². The quantitative estimate of drug-likeness (QED) is 0.262. The van der Waals surface area contributed by atoms with Crippen LogP contribution in [-0.4, -0.2) is 40.3 Å². The molecule has 1 fully saturated rings. The maximum absolute atomic E-state index is 13.5. The van der Waals surface area contributed by atoms with E-state index in [1.54, 1.807) is 29.8 Å².